The molecule has 0 radical (unpaired) electrons. The topological polar surface area (TPSA) is 0 Å². The highest BCUT2D eigenvalue weighted by molar-refractivity contribution is 9.09. The maximum absolute atomic E-state index is 3.63. The quantitative estimate of drug-likeness (QED) is 0.702. The number of rotatable bonds is 3. The zero-order chi connectivity index (χ0) is 9.26. The lowest BCUT2D eigenvalue weighted by Crippen LogP contribution is -1.85. The van der Waals surface area contributed by atoms with Crippen LogP contribution in [0.5, 0.6) is 0 Å². The third-order valence-corrected chi connectivity index (χ3v) is 3.67. The van der Waals surface area contributed by atoms with Crippen LogP contribution in [0.15, 0.2) is 24.3 Å². The Morgan fingerprint density at radius 3 is 2.38 bits per heavy atom. The number of aryl methyl sites for hydroxylation is 1. The lowest BCUT2D eigenvalue weighted by atomic mass is 10.1. The number of alkyl halides is 1. The lowest BCUT2D eigenvalue weighted by molar-refractivity contribution is 0.919. The van der Waals surface area contributed by atoms with Gasteiger partial charge in [-0.2, -0.15) is 0 Å². The fourth-order valence-corrected chi connectivity index (χ4v) is 2.44. The van der Waals surface area contributed by atoms with Crippen LogP contribution in [-0.2, 0) is 6.42 Å². The zero-order valence-electron chi connectivity index (χ0n) is 7.96. The van der Waals surface area contributed by atoms with Gasteiger partial charge < -0.3 is 0 Å². The molecule has 1 fully saturated rings. The van der Waals surface area contributed by atoms with Gasteiger partial charge in [0.05, 0.1) is 0 Å². The minimum Gasteiger partial charge on any atom is -0.0884 e. The van der Waals surface area contributed by atoms with E-state index in [1.807, 2.05) is 0 Å². The Morgan fingerprint density at radius 1 is 1.31 bits per heavy atom. The molecule has 0 N–H and O–H groups in total. The fraction of sp³-hybridized carbons (Fsp3) is 0.500. The van der Waals surface area contributed by atoms with Crippen molar-refractivity contribution >= 4 is 15.9 Å². The molecule has 2 rings (SSSR count). The summed E-state index contributed by atoms with van der Waals surface area (Å²) in [6.07, 6.45) is 3.76. The first-order valence-corrected chi connectivity index (χ1v) is 5.95. The maximum Gasteiger partial charge on any atom is 0.0221 e. The highest BCUT2D eigenvalue weighted by Crippen LogP contribution is 2.46. The van der Waals surface area contributed by atoms with E-state index >= 15 is 0 Å². The summed E-state index contributed by atoms with van der Waals surface area (Å²) in [5, 5.41) is 0. The third kappa shape index (κ3) is 2.14. The Kier molecular flexibility index (Phi) is 2.73. The van der Waals surface area contributed by atoms with Gasteiger partial charge in [-0.25, -0.2) is 0 Å². The Morgan fingerprint density at radius 2 is 1.92 bits per heavy atom. The van der Waals surface area contributed by atoms with Gasteiger partial charge in [0.1, 0.15) is 0 Å². The molecule has 0 aliphatic heterocycles. The second-order valence-corrected chi connectivity index (χ2v) is 5.03. The normalized spacial score (nSPS) is 26.0. The van der Waals surface area contributed by atoms with Crippen LogP contribution in [0.1, 0.15) is 36.8 Å². The fourth-order valence-electron chi connectivity index (χ4n) is 1.73. The van der Waals surface area contributed by atoms with Gasteiger partial charge in [-0.1, -0.05) is 53.5 Å². The standard InChI is InChI=1S/C12H15Br/c1-2-3-9-4-6-10(7-5-9)11-8-12(11)13/h4-7,11-12H,2-3,8H2,1H3. The summed E-state index contributed by atoms with van der Waals surface area (Å²) in [7, 11) is 0. The van der Waals surface area contributed by atoms with Crippen LogP contribution in [0.2, 0.25) is 0 Å². The molecule has 0 amide bonds. The van der Waals surface area contributed by atoms with Crippen molar-refractivity contribution in [2.24, 2.45) is 0 Å². The van der Waals surface area contributed by atoms with Gasteiger partial charge in [-0.05, 0) is 29.9 Å². The largest absolute Gasteiger partial charge is 0.0884 e. The van der Waals surface area contributed by atoms with E-state index in [9.17, 15) is 0 Å². The molecule has 1 aliphatic rings. The number of halogens is 1. The zero-order valence-corrected chi connectivity index (χ0v) is 9.55. The molecule has 0 nitrogen and oxygen atoms in total. The predicted molar refractivity (Wildman–Crippen MR) is 60.5 cm³/mol. The molecule has 1 aliphatic carbocycles. The van der Waals surface area contributed by atoms with Crippen LogP contribution in [0, 0.1) is 0 Å². The predicted octanol–water partition coefficient (Wildman–Crippen LogP) is 3.89. The van der Waals surface area contributed by atoms with E-state index in [0.717, 1.165) is 10.7 Å². The third-order valence-electron chi connectivity index (χ3n) is 2.66. The first kappa shape index (κ1) is 9.26. The number of benzene rings is 1. The van der Waals surface area contributed by atoms with Crippen molar-refractivity contribution in [1.29, 1.82) is 0 Å². The number of hydrogen-bond donors (Lipinski definition) is 0. The Hall–Kier alpha value is -0.300. The van der Waals surface area contributed by atoms with Crippen molar-refractivity contribution < 1.29 is 0 Å². The summed E-state index contributed by atoms with van der Waals surface area (Å²) < 4.78 is 0. The van der Waals surface area contributed by atoms with Gasteiger partial charge in [-0.3, -0.25) is 0 Å². The second kappa shape index (κ2) is 3.83. The molecule has 0 spiro atoms. The van der Waals surface area contributed by atoms with Gasteiger partial charge in [-0.15, -0.1) is 0 Å². The van der Waals surface area contributed by atoms with E-state index in [1.165, 1.54) is 30.4 Å². The van der Waals surface area contributed by atoms with Crippen LogP contribution in [-0.4, -0.2) is 4.83 Å². The summed E-state index contributed by atoms with van der Waals surface area (Å²) in [6.45, 7) is 2.23. The molecule has 2 atom stereocenters. The Labute approximate surface area is 88.5 Å². The van der Waals surface area contributed by atoms with Gasteiger partial charge in [0.25, 0.3) is 0 Å². The summed E-state index contributed by atoms with van der Waals surface area (Å²) >= 11 is 3.63. The molecule has 0 heterocycles. The highest BCUT2D eigenvalue weighted by Gasteiger charge is 2.35. The van der Waals surface area contributed by atoms with E-state index < -0.39 is 0 Å². The molecular formula is C12H15Br. The first-order valence-electron chi connectivity index (χ1n) is 5.04. The Balaban J connectivity index is 2.06. The highest BCUT2D eigenvalue weighted by atomic mass is 79.9. The van der Waals surface area contributed by atoms with E-state index in [-0.39, 0.29) is 0 Å². The molecule has 0 bridgehead atoms. The van der Waals surface area contributed by atoms with Crippen LogP contribution < -0.4 is 0 Å². The number of hydrogen-bond acceptors (Lipinski definition) is 0. The van der Waals surface area contributed by atoms with E-state index in [0.29, 0.717) is 0 Å². The minimum absolute atomic E-state index is 0.740. The van der Waals surface area contributed by atoms with Crippen LogP contribution in [0.3, 0.4) is 0 Å². The average Bonchev–Trinajstić information content (AvgIpc) is 2.85. The SMILES string of the molecule is CCCc1ccc(C2CC2Br)cc1. The van der Waals surface area contributed by atoms with E-state index in [4.69, 9.17) is 0 Å². The van der Waals surface area contributed by atoms with Crippen molar-refractivity contribution in [3.05, 3.63) is 35.4 Å². The molecule has 0 saturated heterocycles. The van der Waals surface area contributed by atoms with E-state index in [1.54, 1.807) is 0 Å². The lowest BCUT2D eigenvalue weighted by Gasteiger charge is -2.01. The summed E-state index contributed by atoms with van der Waals surface area (Å²) in [6, 6.07) is 9.13. The first-order chi connectivity index (χ1) is 6.31. The van der Waals surface area contributed by atoms with Crippen molar-refractivity contribution in [2.75, 3.05) is 0 Å². The summed E-state index contributed by atoms with van der Waals surface area (Å²) in [5.41, 5.74) is 2.97. The molecule has 1 heteroatoms. The molecular weight excluding hydrogens is 224 g/mol. The van der Waals surface area contributed by atoms with Crippen molar-refractivity contribution in [3.8, 4) is 0 Å². The molecule has 70 valence electrons. The van der Waals surface area contributed by atoms with Crippen molar-refractivity contribution in [3.63, 3.8) is 0 Å². The minimum atomic E-state index is 0.740. The molecule has 1 saturated carbocycles. The second-order valence-electron chi connectivity index (χ2n) is 3.85. The molecule has 1 aromatic carbocycles. The maximum atomic E-state index is 3.63. The molecule has 13 heavy (non-hydrogen) atoms. The molecule has 2 unspecified atom stereocenters. The monoisotopic (exact) mass is 238 g/mol. The van der Waals surface area contributed by atoms with Gasteiger partial charge in [0.2, 0.25) is 0 Å². The smallest absolute Gasteiger partial charge is 0.0221 e. The van der Waals surface area contributed by atoms with Crippen molar-refractivity contribution in [1.82, 2.24) is 0 Å². The molecule has 1 aromatic rings. The van der Waals surface area contributed by atoms with E-state index in [2.05, 4.69) is 47.1 Å². The van der Waals surface area contributed by atoms with Gasteiger partial charge >= 0.3 is 0 Å². The molecule has 0 aromatic heterocycles. The van der Waals surface area contributed by atoms with Gasteiger partial charge in [0, 0.05) is 4.83 Å². The Bertz CT molecular complexity index is 276. The summed E-state index contributed by atoms with van der Waals surface area (Å²) in [5.74, 6) is 0.788. The summed E-state index contributed by atoms with van der Waals surface area (Å²) in [4.78, 5) is 0.740. The van der Waals surface area contributed by atoms with Crippen LogP contribution in [0.4, 0.5) is 0 Å². The average molecular weight is 239 g/mol. The van der Waals surface area contributed by atoms with Crippen LogP contribution in [0.25, 0.3) is 0 Å². The van der Waals surface area contributed by atoms with Gasteiger partial charge in [0.15, 0.2) is 0 Å². The van der Waals surface area contributed by atoms with Crippen molar-refractivity contribution in [2.45, 2.75) is 36.9 Å². The van der Waals surface area contributed by atoms with Crippen LogP contribution >= 0.6 is 15.9 Å².